The van der Waals surface area contributed by atoms with Crippen LogP contribution in [0.3, 0.4) is 0 Å². The van der Waals surface area contributed by atoms with Crippen molar-refractivity contribution in [3.05, 3.63) is 76.2 Å². The van der Waals surface area contributed by atoms with E-state index in [2.05, 4.69) is 20.5 Å². The number of sulfonamides is 1. The molecular weight excluding hydrogens is 717 g/mol. The number of aliphatic hydroxyl groups excluding tert-OH is 1. The number of carbonyl (C=O) groups is 1. The smallest absolute Gasteiger partial charge is 0.452 e. The summed E-state index contributed by atoms with van der Waals surface area (Å²) in [5.74, 6) is -2.07. The van der Waals surface area contributed by atoms with Crippen LogP contribution in [-0.2, 0) is 37.0 Å². The average molecular weight is 761 g/mol. The summed E-state index contributed by atoms with van der Waals surface area (Å²) in [6.07, 6.45) is -2.15. The number of hydrogen-bond donors (Lipinski definition) is 2. The minimum absolute atomic E-state index is 0.00993. The molecule has 1 atom stereocenters. The molecule has 0 amide bonds. The quantitative estimate of drug-likeness (QED) is 0.165. The molecule has 0 saturated carbocycles. The second kappa shape index (κ2) is 14.5. The van der Waals surface area contributed by atoms with Crippen molar-refractivity contribution in [2.75, 3.05) is 45.3 Å². The highest BCUT2D eigenvalue weighted by atomic mass is 32.2. The van der Waals surface area contributed by atoms with Crippen LogP contribution >= 0.6 is 0 Å². The lowest BCUT2D eigenvalue weighted by molar-refractivity contribution is -0.151. The summed E-state index contributed by atoms with van der Waals surface area (Å²) in [7, 11) is -2.90. The molecule has 13 nitrogen and oxygen atoms in total. The third-order valence-electron chi connectivity index (χ3n) is 10.2. The summed E-state index contributed by atoms with van der Waals surface area (Å²) in [5, 5.41) is 19.5. The van der Waals surface area contributed by atoms with Crippen LogP contribution in [0.15, 0.2) is 47.5 Å². The molecule has 17 heteroatoms. The van der Waals surface area contributed by atoms with Crippen LogP contribution in [-0.4, -0.2) is 89.0 Å². The van der Waals surface area contributed by atoms with Gasteiger partial charge in [-0.15, -0.1) is 10.2 Å². The molecule has 1 spiro atoms. The molecule has 1 saturated heterocycles. The van der Waals surface area contributed by atoms with Crippen LogP contribution < -0.4 is 10.1 Å². The van der Waals surface area contributed by atoms with Gasteiger partial charge in [0.25, 0.3) is 0 Å². The summed E-state index contributed by atoms with van der Waals surface area (Å²) >= 11 is 0. The van der Waals surface area contributed by atoms with Gasteiger partial charge in [0.05, 0.1) is 32.3 Å². The number of esters is 1. The highest BCUT2D eigenvalue weighted by Gasteiger charge is 2.46. The Morgan fingerprint density at radius 1 is 1.11 bits per heavy atom. The van der Waals surface area contributed by atoms with Gasteiger partial charge < -0.3 is 24.6 Å². The molecule has 53 heavy (non-hydrogen) atoms. The molecule has 286 valence electrons. The Labute approximate surface area is 305 Å². The molecule has 0 bridgehead atoms. The molecule has 2 aliphatic heterocycles. The van der Waals surface area contributed by atoms with Crippen molar-refractivity contribution < 1.29 is 45.7 Å². The van der Waals surface area contributed by atoms with Crippen molar-refractivity contribution in [3.63, 3.8) is 0 Å². The Balaban J connectivity index is 1.44. The number of ether oxygens (including phenoxy) is 3. The fourth-order valence-corrected chi connectivity index (χ4v) is 8.76. The van der Waals surface area contributed by atoms with Gasteiger partial charge in [0.1, 0.15) is 16.3 Å². The number of rotatable bonds is 10. The molecule has 4 aromatic rings. The Hall–Kier alpha value is -4.32. The molecule has 1 unspecified atom stereocenters. The van der Waals surface area contributed by atoms with Gasteiger partial charge in [-0.1, -0.05) is 18.2 Å². The van der Waals surface area contributed by atoms with Gasteiger partial charge in [-0.2, -0.15) is 22.5 Å². The number of anilines is 1. The maximum Gasteiger partial charge on any atom is 0.452 e. The van der Waals surface area contributed by atoms with Crippen LogP contribution in [0.25, 0.3) is 5.65 Å². The third-order valence-corrected chi connectivity index (χ3v) is 12.0. The number of nitrogens with zero attached hydrogens (tertiary/aromatic N) is 5. The molecule has 1 aromatic carbocycles. The van der Waals surface area contributed by atoms with E-state index in [1.807, 2.05) is 25.1 Å². The van der Waals surface area contributed by atoms with E-state index < -0.39 is 44.9 Å². The Morgan fingerprint density at radius 3 is 2.53 bits per heavy atom. The number of halogens is 3. The van der Waals surface area contributed by atoms with E-state index in [4.69, 9.17) is 14.2 Å². The zero-order valence-electron chi connectivity index (χ0n) is 30.2. The van der Waals surface area contributed by atoms with E-state index in [9.17, 15) is 31.5 Å². The number of aromatic nitrogens is 4. The van der Waals surface area contributed by atoms with Gasteiger partial charge in [0.2, 0.25) is 21.7 Å². The molecule has 2 N–H and O–H groups in total. The molecular formula is C36H43F3N6O7S. The number of methoxy groups -OCH3 is 1. The topological polar surface area (TPSA) is 157 Å². The van der Waals surface area contributed by atoms with Gasteiger partial charge in [-0.25, -0.2) is 8.42 Å². The fraction of sp³-hybridized carbons (Fsp3) is 0.500. The van der Waals surface area contributed by atoms with Crippen LogP contribution in [0.5, 0.6) is 5.88 Å². The van der Waals surface area contributed by atoms with E-state index in [0.29, 0.717) is 67.1 Å². The van der Waals surface area contributed by atoms with E-state index in [1.54, 1.807) is 26.8 Å². The Bertz CT molecular complexity index is 2120. The van der Waals surface area contributed by atoms with Crippen LogP contribution in [0.1, 0.15) is 72.7 Å². The van der Waals surface area contributed by atoms with Crippen molar-refractivity contribution in [3.8, 4) is 5.88 Å². The number of fused-ring (bicyclic) bond motifs is 2. The van der Waals surface area contributed by atoms with Gasteiger partial charge in [0.15, 0.2) is 5.65 Å². The summed E-state index contributed by atoms with van der Waals surface area (Å²) in [6.45, 7) is 8.02. The molecule has 2 aliphatic rings. The van der Waals surface area contributed by atoms with Crippen molar-refractivity contribution in [2.24, 2.45) is 5.41 Å². The second-order valence-corrected chi connectivity index (χ2v) is 16.0. The molecule has 0 aliphatic carbocycles. The zero-order valence-corrected chi connectivity index (χ0v) is 31.0. The molecule has 3 aromatic heterocycles. The fourth-order valence-electron chi connectivity index (χ4n) is 7.22. The van der Waals surface area contributed by atoms with Crippen molar-refractivity contribution in [1.29, 1.82) is 0 Å². The van der Waals surface area contributed by atoms with E-state index in [-0.39, 0.29) is 36.1 Å². The average Bonchev–Trinajstić information content (AvgIpc) is 3.53. The number of alkyl halides is 3. The molecule has 1 fully saturated rings. The normalized spacial score (nSPS) is 17.9. The summed E-state index contributed by atoms with van der Waals surface area (Å²) in [4.78, 5) is 17.8. The van der Waals surface area contributed by atoms with Gasteiger partial charge >= 0.3 is 12.1 Å². The maximum absolute atomic E-state index is 14.5. The highest BCUT2D eigenvalue weighted by Crippen LogP contribution is 2.45. The first-order chi connectivity index (χ1) is 25.0. The lowest BCUT2D eigenvalue weighted by Gasteiger charge is -2.38. The highest BCUT2D eigenvalue weighted by molar-refractivity contribution is 7.89. The Morgan fingerprint density at radius 2 is 1.85 bits per heavy atom. The maximum atomic E-state index is 14.5. The van der Waals surface area contributed by atoms with Crippen molar-refractivity contribution >= 4 is 27.5 Å². The number of nitrogens with one attached hydrogen (secondary N) is 1. The zero-order chi connectivity index (χ0) is 38.3. The monoisotopic (exact) mass is 760 g/mol. The largest absolute Gasteiger partial charge is 0.469 e. The first-order valence-electron chi connectivity index (χ1n) is 17.2. The SMILES string of the molecule is COC(=O)C(C)(C)C(c1ccc(C)c(CN2CC3(CCOCC3)Oc3nc(NCCCO)ccc3S2(=O)=O)c1)c1ccn2c(C(F)(F)F)nnc2c1C. The van der Waals surface area contributed by atoms with Crippen LogP contribution in [0.4, 0.5) is 19.0 Å². The van der Waals surface area contributed by atoms with Crippen molar-refractivity contribution in [2.45, 2.75) is 76.1 Å². The summed E-state index contributed by atoms with van der Waals surface area (Å²) < 4.78 is 89.7. The lowest BCUT2D eigenvalue weighted by atomic mass is 9.70. The van der Waals surface area contributed by atoms with Crippen LogP contribution in [0.2, 0.25) is 0 Å². The molecule has 6 rings (SSSR count). The number of aryl methyl sites for hydroxylation is 2. The standard InChI is InChI=1S/C36H43F3N6O7S/c1-22-7-8-24(29(34(3,4)33(47)50-5)26-11-15-45-30(23(26)2)42-43-32(45)36(37,38)39)19-25(22)20-44-21-35(12-17-51-18-13-35)52-31-27(53(44,48)49)9-10-28(41-31)40-14-6-16-46/h7-11,15,19,29,46H,6,12-14,16-18,20-21H2,1-5H3,(H,40,41). The lowest BCUT2D eigenvalue weighted by Crippen LogP contribution is -2.50. The van der Waals surface area contributed by atoms with E-state index in [0.717, 1.165) is 9.96 Å². The predicted octanol–water partition coefficient (Wildman–Crippen LogP) is 5.02. The first-order valence-corrected chi connectivity index (χ1v) is 18.7. The van der Waals surface area contributed by atoms with Crippen molar-refractivity contribution in [1.82, 2.24) is 23.9 Å². The number of aliphatic hydroxyl groups is 1. The predicted molar refractivity (Wildman–Crippen MR) is 187 cm³/mol. The minimum atomic E-state index is -4.73. The van der Waals surface area contributed by atoms with E-state index in [1.165, 1.54) is 29.7 Å². The summed E-state index contributed by atoms with van der Waals surface area (Å²) in [6, 6.07) is 10.1. The molecule has 0 radical (unpaired) electrons. The number of benzene rings is 1. The van der Waals surface area contributed by atoms with Crippen LogP contribution in [0, 0.1) is 19.3 Å². The van der Waals surface area contributed by atoms with Gasteiger partial charge in [0, 0.05) is 44.7 Å². The van der Waals surface area contributed by atoms with Gasteiger partial charge in [-0.3, -0.25) is 9.20 Å². The second-order valence-electron chi connectivity index (χ2n) is 14.1. The van der Waals surface area contributed by atoms with E-state index >= 15 is 0 Å². The minimum Gasteiger partial charge on any atom is -0.469 e. The number of carbonyl (C=O) groups excluding carboxylic acids is 1. The van der Waals surface area contributed by atoms with Gasteiger partial charge in [-0.05, 0) is 80.1 Å². The molecule has 5 heterocycles. The third kappa shape index (κ3) is 7.31. The number of pyridine rings is 2. The first kappa shape index (κ1) is 38.4. The Kier molecular flexibility index (Phi) is 10.5. The number of hydrogen-bond acceptors (Lipinski definition) is 11. The summed E-state index contributed by atoms with van der Waals surface area (Å²) in [5.41, 5.74) is 0.808.